The van der Waals surface area contributed by atoms with Crippen molar-refractivity contribution in [1.29, 1.82) is 5.26 Å². The molecule has 3 aromatic rings. The number of nitrogens with one attached hydrogen (secondary N) is 2. The number of pyridine rings is 1. The van der Waals surface area contributed by atoms with Crippen LogP contribution in [0.15, 0.2) is 61.1 Å². The molecule has 1 fully saturated rings. The number of nitriles is 1. The first-order valence-electron chi connectivity index (χ1n) is 9.94. The molecule has 1 aliphatic heterocycles. The Morgan fingerprint density at radius 3 is 2.63 bits per heavy atom. The van der Waals surface area contributed by atoms with E-state index in [0.29, 0.717) is 17.8 Å². The molecular weight excluding hydrogens is 378 g/mol. The van der Waals surface area contributed by atoms with Crippen molar-refractivity contribution in [2.75, 3.05) is 23.3 Å². The van der Waals surface area contributed by atoms with E-state index in [1.807, 2.05) is 42.6 Å². The topological polar surface area (TPSA) is 98.9 Å². The van der Waals surface area contributed by atoms with Crippen LogP contribution in [-0.4, -0.2) is 39.9 Å². The molecule has 0 unspecified atom stereocenters. The third-order valence-corrected chi connectivity index (χ3v) is 5.11. The first-order chi connectivity index (χ1) is 14.7. The van der Waals surface area contributed by atoms with Gasteiger partial charge in [0.05, 0.1) is 24.0 Å². The number of hydrogen-bond donors (Lipinski definition) is 2. The maximum Gasteiger partial charge on any atom is 0.319 e. The molecule has 2 aromatic heterocycles. The van der Waals surface area contributed by atoms with Crippen LogP contribution in [0.25, 0.3) is 0 Å². The first kappa shape index (κ1) is 19.5. The average Bonchev–Trinajstić information content (AvgIpc) is 3.21. The van der Waals surface area contributed by atoms with Gasteiger partial charge >= 0.3 is 6.03 Å². The quantitative estimate of drug-likeness (QED) is 0.685. The number of rotatable bonds is 5. The van der Waals surface area contributed by atoms with Crippen LogP contribution in [0.4, 0.5) is 16.3 Å². The number of urea groups is 1. The molecule has 2 N–H and O–H groups in total. The van der Waals surface area contributed by atoms with E-state index in [2.05, 4.69) is 31.7 Å². The Hall–Kier alpha value is -3.86. The van der Waals surface area contributed by atoms with Crippen LogP contribution in [0.1, 0.15) is 24.0 Å². The van der Waals surface area contributed by atoms with E-state index >= 15 is 0 Å². The van der Waals surface area contributed by atoms with Crippen LogP contribution in [0.2, 0.25) is 0 Å². The summed E-state index contributed by atoms with van der Waals surface area (Å²) in [6.45, 7) is 2.27. The third kappa shape index (κ3) is 4.94. The maximum atomic E-state index is 12.4. The zero-order valence-electron chi connectivity index (χ0n) is 16.5. The zero-order valence-corrected chi connectivity index (χ0v) is 16.5. The van der Waals surface area contributed by atoms with E-state index < -0.39 is 0 Å². The minimum Gasteiger partial charge on any atom is -0.356 e. The second-order valence-electron chi connectivity index (χ2n) is 7.29. The molecule has 30 heavy (non-hydrogen) atoms. The summed E-state index contributed by atoms with van der Waals surface area (Å²) in [6.07, 6.45) is 6.74. The molecule has 0 atom stereocenters. The summed E-state index contributed by atoms with van der Waals surface area (Å²) >= 11 is 0. The molecule has 1 aromatic carbocycles. The molecule has 0 saturated carbocycles. The highest BCUT2D eigenvalue weighted by Gasteiger charge is 2.21. The molecule has 4 rings (SSSR count). The van der Waals surface area contributed by atoms with Crippen molar-refractivity contribution in [3.05, 3.63) is 72.2 Å². The summed E-state index contributed by atoms with van der Waals surface area (Å²) in [6, 6.07) is 15.7. The Kier molecular flexibility index (Phi) is 5.90. The molecule has 2 amide bonds. The van der Waals surface area contributed by atoms with Crippen molar-refractivity contribution in [1.82, 2.24) is 20.1 Å². The fourth-order valence-corrected chi connectivity index (χ4v) is 3.53. The number of anilines is 2. The van der Waals surface area contributed by atoms with Gasteiger partial charge in [0, 0.05) is 31.5 Å². The highest BCUT2D eigenvalue weighted by atomic mass is 16.2. The van der Waals surface area contributed by atoms with Gasteiger partial charge in [0.25, 0.3) is 0 Å². The number of hydrogen-bond acceptors (Lipinski definition) is 5. The first-order valence-corrected chi connectivity index (χ1v) is 9.94. The van der Waals surface area contributed by atoms with Crippen LogP contribution in [0.3, 0.4) is 0 Å². The van der Waals surface area contributed by atoms with Gasteiger partial charge in [-0.2, -0.15) is 10.4 Å². The molecule has 0 bridgehead atoms. The molecule has 8 heteroatoms. The number of piperidine rings is 1. The maximum absolute atomic E-state index is 12.4. The minimum absolute atomic E-state index is 0.110. The van der Waals surface area contributed by atoms with E-state index in [4.69, 9.17) is 5.26 Å². The molecule has 1 saturated heterocycles. The van der Waals surface area contributed by atoms with Gasteiger partial charge in [0.1, 0.15) is 11.9 Å². The molecule has 0 radical (unpaired) electrons. The molecule has 0 aliphatic carbocycles. The van der Waals surface area contributed by atoms with Crippen molar-refractivity contribution in [2.24, 2.45) is 0 Å². The number of benzene rings is 1. The predicted molar refractivity (Wildman–Crippen MR) is 114 cm³/mol. The van der Waals surface area contributed by atoms with Crippen LogP contribution in [0.5, 0.6) is 0 Å². The van der Waals surface area contributed by atoms with Crippen LogP contribution in [0, 0.1) is 11.3 Å². The highest BCUT2D eigenvalue weighted by Crippen LogP contribution is 2.18. The largest absolute Gasteiger partial charge is 0.356 e. The van der Waals surface area contributed by atoms with Crippen molar-refractivity contribution in [3.63, 3.8) is 0 Å². The molecule has 1 aliphatic rings. The summed E-state index contributed by atoms with van der Waals surface area (Å²) in [5.74, 6) is 0.864. The van der Waals surface area contributed by atoms with Gasteiger partial charge in [-0.3, -0.25) is 4.68 Å². The molecule has 0 spiro atoms. The standard InChI is InChI=1S/C22H23N7O/c23-12-18-6-7-21(24-13-18)28-10-8-19(9-11-28)26-22(30)27-20-14-25-29(16-20)15-17-4-2-1-3-5-17/h1-7,13-14,16,19H,8-11,15H2,(H2,26,27,30). The smallest absolute Gasteiger partial charge is 0.319 e. The lowest BCUT2D eigenvalue weighted by Gasteiger charge is -2.33. The summed E-state index contributed by atoms with van der Waals surface area (Å²) in [7, 11) is 0. The fraction of sp³-hybridized carbons (Fsp3) is 0.273. The Bertz CT molecular complexity index is 1020. The normalized spacial score (nSPS) is 14.2. The highest BCUT2D eigenvalue weighted by molar-refractivity contribution is 5.89. The lowest BCUT2D eigenvalue weighted by Crippen LogP contribution is -2.46. The van der Waals surface area contributed by atoms with E-state index in [1.54, 1.807) is 23.1 Å². The minimum atomic E-state index is -0.218. The Morgan fingerprint density at radius 1 is 1.13 bits per heavy atom. The second kappa shape index (κ2) is 9.09. The number of carbonyl (C=O) groups is 1. The van der Waals surface area contributed by atoms with E-state index in [1.165, 1.54) is 0 Å². The Morgan fingerprint density at radius 2 is 1.93 bits per heavy atom. The number of aromatic nitrogens is 3. The molecule has 152 valence electrons. The van der Waals surface area contributed by atoms with Crippen LogP contribution < -0.4 is 15.5 Å². The van der Waals surface area contributed by atoms with Crippen molar-refractivity contribution >= 4 is 17.5 Å². The van der Waals surface area contributed by atoms with E-state index in [-0.39, 0.29) is 12.1 Å². The number of carbonyl (C=O) groups excluding carboxylic acids is 1. The lowest BCUT2D eigenvalue weighted by atomic mass is 10.1. The summed E-state index contributed by atoms with van der Waals surface area (Å²) in [5, 5.41) is 19.1. The Labute approximate surface area is 175 Å². The van der Waals surface area contributed by atoms with Crippen molar-refractivity contribution in [2.45, 2.75) is 25.4 Å². The summed E-state index contributed by atoms with van der Waals surface area (Å²) in [4.78, 5) is 18.9. The van der Waals surface area contributed by atoms with Gasteiger partial charge in [-0.25, -0.2) is 9.78 Å². The molecular formula is C22H23N7O. The van der Waals surface area contributed by atoms with Crippen molar-refractivity contribution in [3.8, 4) is 6.07 Å². The fourth-order valence-electron chi connectivity index (χ4n) is 3.53. The van der Waals surface area contributed by atoms with E-state index in [9.17, 15) is 4.79 Å². The summed E-state index contributed by atoms with van der Waals surface area (Å²) in [5.41, 5.74) is 2.38. The van der Waals surface area contributed by atoms with Gasteiger partial charge in [-0.05, 0) is 30.5 Å². The summed E-state index contributed by atoms with van der Waals surface area (Å²) < 4.78 is 1.80. The molecule has 3 heterocycles. The average molecular weight is 401 g/mol. The second-order valence-corrected chi connectivity index (χ2v) is 7.29. The van der Waals surface area contributed by atoms with Gasteiger partial charge in [-0.1, -0.05) is 30.3 Å². The van der Waals surface area contributed by atoms with Gasteiger partial charge in [-0.15, -0.1) is 0 Å². The van der Waals surface area contributed by atoms with Gasteiger partial charge < -0.3 is 15.5 Å². The Balaban J connectivity index is 1.24. The van der Waals surface area contributed by atoms with Gasteiger partial charge in [0.15, 0.2) is 0 Å². The van der Waals surface area contributed by atoms with Crippen molar-refractivity contribution < 1.29 is 4.79 Å². The number of amides is 2. The number of nitrogens with zero attached hydrogens (tertiary/aromatic N) is 5. The predicted octanol–water partition coefficient (Wildman–Crippen LogP) is 2.99. The van der Waals surface area contributed by atoms with Crippen LogP contribution >= 0.6 is 0 Å². The molecule has 8 nitrogen and oxygen atoms in total. The van der Waals surface area contributed by atoms with Crippen LogP contribution in [-0.2, 0) is 6.54 Å². The lowest BCUT2D eigenvalue weighted by molar-refractivity contribution is 0.246. The zero-order chi connectivity index (χ0) is 20.8. The van der Waals surface area contributed by atoms with Gasteiger partial charge in [0.2, 0.25) is 0 Å². The monoisotopic (exact) mass is 401 g/mol. The third-order valence-electron chi connectivity index (χ3n) is 5.11. The van der Waals surface area contributed by atoms with E-state index in [0.717, 1.165) is 37.3 Å². The SMILES string of the molecule is N#Cc1ccc(N2CCC(NC(=O)Nc3cnn(Cc4ccccc4)c3)CC2)nc1.